The summed E-state index contributed by atoms with van der Waals surface area (Å²) in [5.74, 6) is 0. The van der Waals surface area contributed by atoms with Crippen molar-refractivity contribution in [3.8, 4) is 0 Å². The minimum absolute atomic E-state index is 0. The summed E-state index contributed by atoms with van der Waals surface area (Å²) in [5.41, 5.74) is 0. The van der Waals surface area contributed by atoms with Gasteiger partial charge in [0.1, 0.15) is 0 Å². The van der Waals surface area contributed by atoms with Crippen LogP contribution in [-0.2, 0) is 0 Å². The maximum absolute atomic E-state index is 8.06. The molecule has 0 aliphatic rings. The second-order valence-electron chi connectivity index (χ2n) is 1.09. The van der Waals surface area contributed by atoms with E-state index in [-0.39, 0.29) is 87.3 Å². The van der Waals surface area contributed by atoms with Crippen LogP contribution in [0.1, 0.15) is 13.8 Å². The second kappa shape index (κ2) is 22.9. The first-order chi connectivity index (χ1) is 1.73. The first kappa shape index (κ1) is 32.1. The summed E-state index contributed by atoms with van der Waals surface area (Å²) in [6, 6.07) is 0. The van der Waals surface area contributed by atoms with E-state index >= 15 is 0 Å². The van der Waals surface area contributed by atoms with Crippen molar-refractivity contribution in [2.24, 2.45) is 0 Å². The summed E-state index contributed by atoms with van der Waals surface area (Å²) in [7, 11) is 0. The first-order valence-corrected chi connectivity index (χ1v) is 1.41. The smallest absolute Gasteiger partial charge is 0.870 e. The van der Waals surface area contributed by atoms with Crippen molar-refractivity contribution < 1.29 is 86.3 Å². The number of aliphatic hydroxyl groups is 1. The predicted octanol–water partition coefficient (Wildman–Crippen LogP) is -5.96. The van der Waals surface area contributed by atoms with Gasteiger partial charge in [0.25, 0.3) is 0 Å². The van der Waals surface area contributed by atoms with Crippen LogP contribution in [0, 0.1) is 0 Å². The van der Waals surface area contributed by atoms with Crippen LogP contribution in [0.3, 0.4) is 0 Å². The van der Waals surface area contributed by atoms with Crippen LogP contribution >= 0.6 is 0 Å². The van der Waals surface area contributed by atoms with E-state index in [2.05, 4.69) is 0 Å². The summed E-state index contributed by atoms with van der Waals surface area (Å²) in [4.78, 5) is 0. The number of aliphatic hydroxyl groups excluding tert-OH is 1. The Bertz CT molecular complexity index is 19.2. The van der Waals surface area contributed by atoms with Gasteiger partial charge in [0.2, 0.25) is 0 Å². The average molecular weight is 140 g/mol. The molecular weight excluding hydrogens is 130 g/mol. The molecule has 0 aromatic carbocycles. The summed E-state index contributed by atoms with van der Waals surface area (Å²) in [5, 5.41) is 8.06. The monoisotopic (exact) mass is 140 g/mol. The van der Waals surface area contributed by atoms with Crippen LogP contribution in [0.4, 0.5) is 0 Å². The van der Waals surface area contributed by atoms with Crippen LogP contribution in [0.15, 0.2) is 0 Å². The van der Waals surface area contributed by atoms with Crippen molar-refractivity contribution in [3.63, 3.8) is 0 Å². The summed E-state index contributed by atoms with van der Waals surface area (Å²) in [6.45, 7) is 3.44. The normalized spacial score (nSPS) is 4.50. The molecule has 0 spiro atoms. The minimum atomic E-state index is -0.167. The Morgan fingerprint density at radius 2 is 1.12 bits per heavy atom. The van der Waals surface area contributed by atoms with Gasteiger partial charge in [-0.05, 0) is 13.8 Å². The molecular formula is C3H10KLiO3. The molecule has 0 radical (unpaired) electrons. The molecule has 0 rings (SSSR count). The van der Waals surface area contributed by atoms with Gasteiger partial charge in [0, 0.05) is 6.10 Å². The van der Waals surface area contributed by atoms with E-state index in [1.54, 1.807) is 13.8 Å². The van der Waals surface area contributed by atoms with Crippen molar-refractivity contribution in [2.45, 2.75) is 20.0 Å². The Labute approximate surface area is 104 Å². The topological polar surface area (TPSA) is 80.2 Å². The molecule has 0 bridgehead atoms. The molecule has 0 atom stereocenters. The van der Waals surface area contributed by atoms with Gasteiger partial charge in [-0.2, -0.15) is 0 Å². The van der Waals surface area contributed by atoms with Crippen molar-refractivity contribution in [1.29, 1.82) is 0 Å². The van der Waals surface area contributed by atoms with E-state index in [1.807, 2.05) is 0 Å². The van der Waals surface area contributed by atoms with Gasteiger partial charge < -0.3 is 16.1 Å². The molecule has 0 aliphatic carbocycles. The first-order valence-electron chi connectivity index (χ1n) is 1.41. The van der Waals surface area contributed by atoms with E-state index < -0.39 is 0 Å². The predicted molar refractivity (Wildman–Crippen MR) is 21.2 cm³/mol. The molecule has 0 saturated heterocycles. The van der Waals surface area contributed by atoms with Gasteiger partial charge in [0.05, 0.1) is 0 Å². The van der Waals surface area contributed by atoms with Gasteiger partial charge in [-0.3, -0.25) is 0 Å². The van der Waals surface area contributed by atoms with Crippen LogP contribution in [0.5, 0.6) is 0 Å². The largest absolute Gasteiger partial charge is 1.00 e. The summed E-state index contributed by atoms with van der Waals surface area (Å²) in [6.07, 6.45) is -0.167. The van der Waals surface area contributed by atoms with E-state index in [0.717, 1.165) is 0 Å². The van der Waals surface area contributed by atoms with Gasteiger partial charge >= 0.3 is 70.2 Å². The number of rotatable bonds is 0. The molecule has 0 saturated carbocycles. The van der Waals surface area contributed by atoms with Gasteiger partial charge in [0.15, 0.2) is 0 Å². The molecule has 0 amide bonds. The third-order valence-electron chi connectivity index (χ3n) is 0. The fourth-order valence-corrected chi connectivity index (χ4v) is 0. The Hall–Kier alpha value is 2.11. The maximum Gasteiger partial charge on any atom is 1.00 e. The Morgan fingerprint density at radius 1 is 1.12 bits per heavy atom. The van der Waals surface area contributed by atoms with E-state index in [0.29, 0.717) is 0 Å². The maximum atomic E-state index is 8.06. The quantitative estimate of drug-likeness (QED) is 0.340. The molecule has 0 aromatic rings. The van der Waals surface area contributed by atoms with Crippen LogP contribution in [-0.4, -0.2) is 22.2 Å². The molecule has 0 heterocycles. The van der Waals surface area contributed by atoms with Crippen molar-refractivity contribution in [1.82, 2.24) is 0 Å². The molecule has 0 unspecified atom stereocenters. The molecule has 8 heavy (non-hydrogen) atoms. The molecule has 0 aromatic heterocycles. The Balaban J connectivity index is -0.00000000750. The third kappa shape index (κ3) is 91.9. The minimum Gasteiger partial charge on any atom is -0.870 e. The van der Waals surface area contributed by atoms with E-state index in [4.69, 9.17) is 5.11 Å². The van der Waals surface area contributed by atoms with Crippen LogP contribution in [0.25, 0.3) is 0 Å². The van der Waals surface area contributed by atoms with E-state index in [9.17, 15) is 0 Å². The molecule has 0 fully saturated rings. The zero-order valence-corrected chi connectivity index (χ0v) is 9.04. The number of hydrogen-bond acceptors (Lipinski definition) is 3. The van der Waals surface area contributed by atoms with Gasteiger partial charge in [-0.1, -0.05) is 0 Å². The molecule has 42 valence electrons. The van der Waals surface area contributed by atoms with Crippen LogP contribution < -0.4 is 70.2 Å². The third-order valence-corrected chi connectivity index (χ3v) is 0. The fraction of sp³-hybridized carbons (Fsp3) is 1.00. The van der Waals surface area contributed by atoms with E-state index in [1.165, 1.54) is 0 Å². The molecule has 3 N–H and O–H groups in total. The summed E-state index contributed by atoms with van der Waals surface area (Å²) < 4.78 is 0. The molecule has 3 nitrogen and oxygen atoms in total. The second-order valence-corrected chi connectivity index (χ2v) is 1.09. The molecule has 0 aliphatic heterocycles. The Morgan fingerprint density at radius 3 is 1.12 bits per heavy atom. The number of hydrogen-bond donors (Lipinski definition) is 1. The van der Waals surface area contributed by atoms with Crippen molar-refractivity contribution >= 4 is 0 Å². The van der Waals surface area contributed by atoms with Gasteiger partial charge in [-0.15, -0.1) is 0 Å². The SMILES string of the molecule is CC(C)O.[K+].[Li+].[OH-].[OH-]. The molecule has 5 heteroatoms. The fourth-order valence-electron chi connectivity index (χ4n) is 0. The van der Waals surface area contributed by atoms with Crippen LogP contribution in [0.2, 0.25) is 0 Å². The van der Waals surface area contributed by atoms with Crippen molar-refractivity contribution in [2.75, 3.05) is 0 Å². The zero-order valence-electron chi connectivity index (χ0n) is 5.92. The summed E-state index contributed by atoms with van der Waals surface area (Å²) >= 11 is 0. The van der Waals surface area contributed by atoms with Crippen molar-refractivity contribution in [3.05, 3.63) is 0 Å². The zero-order chi connectivity index (χ0) is 3.58. The average Bonchev–Trinajstić information content (AvgIpc) is 0.811. The Kier molecular flexibility index (Phi) is 92.1. The standard InChI is InChI=1S/C3H8O.K.Li.2H2O/c1-3(2)4;;;;/h3-4H,1-2H3;;;2*1H2/q;2*+1;;/p-2. The van der Waals surface area contributed by atoms with Gasteiger partial charge in [-0.25, -0.2) is 0 Å².